The van der Waals surface area contributed by atoms with E-state index in [4.69, 9.17) is 0 Å². The number of amides is 1. The first kappa shape index (κ1) is 22.4. The molecule has 0 aromatic rings. The van der Waals surface area contributed by atoms with E-state index >= 15 is 0 Å². The fourth-order valence-corrected chi connectivity index (χ4v) is 2.71. The van der Waals surface area contributed by atoms with Gasteiger partial charge in [0, 0.05) is 13.0 Å². The van der Waals surface area contributed by atoms with Gasteiger partial charge in [-0.1, -0.05) is 58.3 Å². The minimum Gasteiger partial charge on any atom is -0.633 e. The Balaban J connectivity index is 3.22. The van der Waals surface area contributed by atoms with Gasteiger partial charge < -0.3 is 15.2 Å². The van der Waals surface area contributed by atoms with Gasteiger partial charge in [0.2, 0.25) is 5.91 Å². The van der Waals surface area contributed by atoms with E-state index in [0.717, 1.165) is 32.2 Å². The number of hydroxylamine groups is 3. The van der Waals surface area contributed by atoms with E-state index in [-0.39, 0.29) is 10.6 Å². The standard InChI is InChI=1S/C19H40N2O2/c1-4-5-6-7-8-9-10-11-13-16-19(22)20-17-14-12-15-18-21(2,3)23/h4-18H2,1-3H3,(H,20,22). The molecule has 0 aliphatic rings. The summed E-state index contributed by atoms with van der Waals surface area (Å²) in [7, 11) is 3.35. The van der Waals surface area contributed by atoms with Crippen molar-refractivity contribution in [3.8, 4) is 0 Å². The Hall–Kier alpha value is -0.610. The molecule has 0 heterocycles. The van der Waals surface area contributed by atoms with Gasteiger partial charge in [0.15, 0.2) is 0 Å². The van der Waals surface area contributed by atoms with Crippen molar-refractivity contribution in [3.63, 3.8) is 0 Å². The Morgan fingerprint density at radius 2 is 1.35 bits per heavy atom. The van der Waals surface area contributed by atoms with Gasteiger partial charge >= 0.3 is 0 Å². The first-order valence-corrected chi connectivity index (χ1v) is 9.76. The highest BCUT2D eigenvalue weighted by molar-refractivity contribution is 5.75. The van der Waals surface area contributed by atoms with Crippen LogP contribution in [0, 0.1) is 5.21 Å². The van der Waals surface area contributed by atoms with Crippen LogP contribution in [0.1, 0.15) is 90.4 Å². The molecular formula is C19H40N2O2. The van der Waals surface area contributed by atoms with Gasteiger partial charge in [-0.05, 0) is 25.7 Å². The molecular weight excluding hydrogens is 288 g/mol. The van der Waals surface area contributed by atoms with Crippen molar-refractivity contribution in [2.24, 2.45) is 0 Å². The van der Waals surface area contributed by atoms with E-state index in [9.17, 15) is 10.0 Å². The van der Waals surface area contributed by atoms with Gasteiger partial charge in [-0.15, -0.1) is 0 Å². The lowest BCUT2D eigenvalue weighted by atomic mass is 10.1. The third-order valence-corrected chi connectivity index (χ3v) is 4.20. The molecule has 0 bridgehead atoms. The maximum atomic E-state index is 11.7. The van der Waals surface area contributed by atoms with E-state index in [1.165, 1.54) is 51.4 Å². The number of carbonyl (C=O) groups is 1. The van der Waals surface area contributed by atoms with Crippen molar-refractivity contribution in [1.82, 2.24) is 5.32 Å². The number of carbonyl (C=O) groups excluding carboxylic acids is 1. The fraction of sp³-hybridized carbons (Fsp3) is 0.947. The van der Waals surface area contributed by atoms with E-state index in [0.29, 0.717) is 13.0 Å². The molecule has 0 aliphatic heterocycles. The molecule has 0 unspecified atom stereocenters. The Kier molecular flexibility index (Phi) is 14.6. The van der Waals surface area contributed by atoms with Crippen LogP contribution in [0.2, 0.25) is 0 Å². The monoisotopic (exact) mass is 328 g/mol. The molecule has 0 saturated carbocycles. The van der Waals surface area contributed by atoms with Crippen molar-refractivity contribution in [2.45, 2.75) is 90.4 Å². The summed E-state index contributed by atoms with van der Waals surface area (Å²) in [6, 6.07) is 0. The first-order chi connectivity index (χ1) is 11.0. The maximum absolute atomic E-state index is 11.7. The van der Waals surface area contributed by atoms with Crippen LogP contribution < -0.4 is 5.32 Å². The number of nitrogens with one attached hydrogen (secondary N) is 1. The second-order valence-electron chi connectivity index (χ2n) is 7.29. The van der Waals surface area contributed by atoms with E-state index in [2.05, 4.69) is 12.2 Å². The number of nitrogens with zero attached hydrogens (tertiary/aromatic N) is 1. The Morgan fingerprint density at radius 1 is 0.826 bits per heavy atom. The largest absolute Gasteiger partial charge is 0.633 e. The number of unbranched alkanes of at least 4 members (excludes halogenated alkanes) is 10. The predicted octanol–water partition coefficient (Wildman–Crippen LogP) is 4.77. The van der Waals surface area contributed by atoms with Gasteiger partial charge in [-0.25, -0.2) is 0 Å². The lowest BCUT2D eigenvalue weighted by Crippen LogP contribution is -2.33. The Bertz CT molecular complexity index is 275. The smallest absolute Gasteiger partial charge is 0.219 e. The zero-order valence-corrected chi connectivity index (χ0v) is 15.9. The fourth-order valence-electron chi connectivity index (χ4n) is 2.71. The third-order valence-electron chi connectivity index (χ3n) is 4.20. The molecule has 4 heteroatoms. The van der Waals surface area contributed by atoms with Crippen LogP contribution in [0.3, 0.4) is 0 Å². The average Bonchev–Trinajstić information content (AvgIpc) is 2.48. The second-order valence-corrected chi connectivity index (χ2v) is 7.29. The molecule has 4 nitrogen and oxygen atoms in total. The van der Waals surface area contributed by atoms with E-state index in [1.54, 1.807) is 14.1 Å². The van der Waals surface area contributed by atoms with Gasteiger partial charge in [0.25, 0.3) is 0 Å². The van der Waals surface area contributed by atoms with Gasteiger partial charge in [-0.2, -0.15) is 0 Å². The molecule has 0 spiro atoms. The zero-order chi connectivity index (χ0) is 17.4. The highest BCUT2D eigenvalue weighted by atomic mass is 16.5. The quantitative estimate of drug-likeness (QED) is 0.252. The molecule has 0 aliphatic carbocycles. The van der Waals surface area contributed by atoms with Gasteiger partial charge in [-0.3, -0.25) is 4.79 Å². The highest BCUT2D eigenvalue weighted by Gasteiger charge is 2.02. The molecule has 0 aromatic heterocycles. The lowest BCUT2D eigenvalue weighted by Gasteiger charge is -2.33. The summed E-state index contributed by atoms with van der Waals surface area (Å²) in [6.07, 6.45) is 15.2. The van der Waals surface area contributed by atoms with Crippen molar-refractivity contribution in [2.75, 3.05) is 27.2 Å². The third kappa shape index (κ3) is 19.3. The van der Waals surface area contributed by atoms with E-state index in [1.807, 2.05) is 0 Å². The SMILES string of the molecule is CCCCCCCCCCCC(=O)NCCCCC[N+](C)(C)[O-]. The van der Waals surface area contributed by atoms with Crippen LogP contribution in [0.4, 0.5) is 0 Å². The molecule has 138 valence electrons. The number of quaternary nitrogens is 1. The number of hydrogen-bond donors (Lipinski definition) is 1. The molecule has 0 rings (SSSR count). The number of hydrogen-bond acceptors (Lipinski definition) is 2. The van der Waals surface area contributed by atoms with Crippen LogP contribution in [0.15, 0.2) is 0 Å². The lowest BCUT2D eigenvalue weighted by molar-refractivity contribution is -0.840. The van der Waals surface area contributed by atoms with E-state index < -0.39 is 0 Å². The minimum absolute atomic E-state index is 0.188. The zero-order valence-electron chi connectivity index (χ0n) is 15.9. The molecule has 0 atom stereocenters. The van der Waals surface area contributed by atoms with Crippen LogP contribution >= 0.6 is 0 Å². The maximum Gasteiger partial charge on any atom is 0.219 e. The molecule has 23 heavy (non-hydrogen) atoms. The Morgan fingerprint density at radius 3 is 1.91 bits per heavy atom. The summed E-state index contributed by atoms with van der Waals surface area (Å²) in [6.45, 7) is 3.66. The molecule has 1 amide bonds. The summed E-state index contributed by atoms with van der Waals surface area (Å²) in [5, 5.41) is 14.4. The van der Waals surface area contributed by atoms with Crippen LogP contribution in [-0.2, 0) is 4.79 Å². The summed E-state index contributed by atoms with van der Waals surface area (Å²) in [5.74, 6) is 0.188. The van der Waals surface area contributed by atoms with Crippen molar-refractivity contribution >= 4 is 5.91 Å². The topological polar surface area (TPSA) is 52.2 Å². The highest BCUT2D eigenvalue weighted by Crippen LogP contribution is 2.10. The molecule has 1 N–H and O–H groups in total. The predicted molar refractivity (Wildman–Crippen MR) is 99.0 cm³/mol. The van der Waals surface area contributed by atoms with Crippen molar-refractivity contribution in [3.05, 3.63) is 5.21 Å². The van der Waals surface area contributed by atoms with Gasteiger partial charge in [0.1, 0.15) is 0 Å². The summed E-state index contributed by atoms with van der Waals surface area (Å²) in [5.41, 5.74) is 0. The summed E-state index contributed by atoms with van der Waals surface area (Å²) in [4.78, 5) is 11.7. The first-order valence-electron chi connectivity index (χ1n) is 9.76. The van der Waals surface area contributed by atoms with Gasteiger partial charge in [0.05, 0.1) is 20.6 Å². The molecule has 0 aromatic carbocycles. The van der Waals surface area contributed by atoms with Crippen molar-refractivity contribution in [1.29, 1.82) is 0 Å². The van der Waals surface area contributed by atoms with Crippen molar-refractivity contribution < 1.29 is 9.44 Å². The molecule has 0 radical (unpaired) electrons. The Labute approximate surface area is 144 Å². The second kappa shape index (κ2) is 14.9. The molecule has 0 fully saturated rings. The van der Waals surface area contributed by atoms with Crippen LogP contribution in [0.5, 0.6) is 0 Å². The summed E-state index contributed by atoms with van der Waals surface area (Å²) >= 11 is 0. The van der Waals surface area contributed by atoms with Crippen LogP contribution in [0.25, 0.3) is 0 Å². The molecule has 0 saturated heterocycles. The number of rotatable bonds is 16. The summed E-state index contributed by atoms with van der Waals surface area (Å²) < 4.78 is -0.217. The average molecular weight is 329 g/mol. The normalized spacial score (nSPS) is 11.7. The minimum atomic E-state index is -0.217. The van der Waals surface area contributed by atoms with Crippen LogP contribution in [-0.4, -0.2) is 37.7 Å².